The highest BCUT2D eigenvalue weighted by atomic mass is 16.2. The van der Waals surface area contributed by atoms with Crippen LogP contribution in [0.3, 0.4) is 0 Å². The Balaban J connectivity index is 1.57. The summed E-state index contributed by atoms with van der Waals surface area (Å²) in [6, 6.07) is 11.6. The number of nitrogens with zero attached hydrogens (tertiary/aromatic N) is 1. The van der Waals surface area contributed by atoms with Crippen LogP contribution in [0.5, 0.6) is 0 Å². The summed E-state index contributed by atoms with van der Waals surface area (Å²) >= 11 is 0. The molecular weight excluding hydrogens is 390 g/mol. The third kappa shape index (κ3) is 2.13. The number of amides is 3. The molecule has 4 heterocycles. The molecule has 31 heavy (non-hydrogen) atoms. The standard InChI is InChI=1S/C25H25N3O3/c1-13-6-8-16(9-7-13)28-22(29)19-18-5-4-10-27(18)25(20(19)23(28)30)17-12-14(2)11-15(3)21(17)26-24(25)31/h6-9,11-12,18-20H,4-5,10H2,1-3H3,(H,26,31)/p+1/t18-,19+,20-,25-/m1/s1. The van der Waals surface area contributed by atoms with Crippen molar-refractivity contribution in [2.45, 2.75) is 45.2 Å². The molecule has 5 atom stereocenters. The second-order valence-electron chi connectivity index (χ2n) is 9.64. The van der Waals surface area contributed by atoms with E-state index >= 15 is 0 Å². The molecule has 6 heteroatoms. The van der Waals surface area contributed by atoms with Crippen LogP contribution in [-0.4, -0.2) is 30.3 Å². The van der Waals surface area contributed by atoms with Crippen molar-refractivity contribution in [1.82, 2.24) is 0 Å². The zero-order chi connectivity index (χ0) is 21.7. The molecule has 0 aliphatic carbocycles. The van der Waals surface area contributed by atoms with E-state index < -0.39 is 17.4 Å². The summed E-state index contributed by atoms with van der Waals surface area (Å²) in [5, 5.41) is 3.11. The Bertz CT molecular complexity index is 1170. The number of rotatable bonds is 1. The van der Waals surface area contributed by atoms with E-state index in [-0.39, 0.29) is 23.8 Å². The lowest BCUT2D eigenvalue weighted by Crippen LogP contribution is -3.19. The van der Waals surface area contributed by atoms with E-state index in [1.165, 1.54) is 4.90 Å². The van der Waals surface area contributed by atoms with E-state index in [4.69, 9.17) is 0 Å². The van der Waals surface area contributed by atoms with Gasteiger partial charge in [0.25, 0.3) is 5.91 Å². The maximum absolute atomic E-state index is 13.9. The summed E-state index contributed by atoms with van der Waals surface area (Å²) in [4.78, 5) is 43.8. The van der Waals surface area contributed by atoms with Crippen LogP contribution in [-0.2, 0) is 19.9 Å². The maximum atomic E-state index is 13.9. The van der Waals surface area contributed by atoms with Crippen LogP contribution < -0.4 is 15.1 Å². The topological polar surface area (TPSA) is 70.9 Å². The van der Waals surface area contributed by atoms with Gasteiger partial charge in [0.15, 0.2) is 0 Å². The Morgan fingerprint density at radius 2 is 1.74 bits per heavy atom. The van der Waals surface area contributed by atoms with Crippen molar-refractivity contribution in [2.75, 3.05) is 16.8 Å². The summed E-state index contributed by atoms with van der Waals surface area (Å²) in [6.45, 7) is 6.80. The van der Waals surface area contributed by atoms with Gasteiger partial charge in [-0.05, 0) is 44.5 Å². The zero-order valence-corrected chi connectivity index (χ0v) is 18.0. The molecule has 2 aromatic carbocycles. The molecule has 1 spiro atoms. The summed E-state index contributed by atoms with van der Waals surface area (Å²) in [7, 11) is 0. The van der Waals surface area contributed by atoms with Gasteiger partial charge in [0, 0.05) is 18.4 Å². The fourth-order valence-electron chi connectivity index (χ4n) is 6.86. The van der Waals surface area contributed by atoms with E-state index in [1.54, 1.807) is 0 Å². The molecule has 0 aromatic heterocycles. The largest absolute Gasteiger partial charge is 0.320 e. The number of imide groups is 1. The van der Waals surface area contributed by atoms with Crippen molar-refractivity contribution in [2.24, 2.45) is 11.8 Å². The number of hydrogen-bond donors (Lipinski definition) is 2. The highest BCUT2D eigenvalue weighted by Gasteiger charge is 2.78. The van der Waals surface area contributed by atoms with Gasteiger partial charge in [0.1, 0.15) is 17.9 Å². The third-order valence-corrected chi connectivity index (χ3v) is 7.96. The van der Waals surface area contributed by atoms with E-state index in [0.29, 0.717) is 5.69 Å². The Morgan fingerprint density at radius 3 is 2.48 bits per heavy atom. The van der Waals surface area contributed by atoms with Crippen LogP contribution in [0.15, 0.2) is 36.4 Å². The average Bonchev–Trinajstić information content (AvgIpc) is 3.42. The molecule has 3 saturated heterocycles. The SMILES string of the molecule is Cc1ccc(N2C(=O)[C@H]3[C@H]4CCC[NH+]4[C@@]4(C(=O)Nc5c(C)cc(C)cc54)[C@H]3C2=O)cc1. The molecule has 0 saturated carbocycles. The van der Waals surface area contributed by atoms with Crippen LogP contribution in [0.2, 0.25) is 0 Å². The molecule has 6 nitrogen and oxygen atoms in total. The fraction of sp³-hybridized carbons (Fsp3) is 0.400. The van der Waals surface area contributed by atoms with Gasteiger partial charge in [0.05, 0.1) is 17.9 Å². The molecule has 1 unspecified atom stereocenters. The minimum atomic E-state index is -1.02. The molecule has 2 N–H and O–H groups in total. The molecular formula is C25H26N3O3+. The van der Waals surface area contributed by atoms with Gasteiger partial charge in [-0.15, -0.1) is 0 Å². The Morgan fingerprint density at radius 1 is 1.00 bits per heavy atom. The number of carbonyl (C=O) groups excluding carboxylic acids is 3. The van der Waals surface area contributed by atoms with Crippen molar-refractivity contribution >= 4 is 29.1 Å². The first-order valence-corrected chi connectivity index (χ1v) is 11.1. The van der Waals surface area contributed by atoms with E-state index in [2.05, 4.69) is 17.4 Å². The Hall–Kier alpha value is -2.99. The number of benzene rings is 2. The van der Waals surface area contributed by atoms with Crippen molar-refractivity contribution in [1.29, 1.82) is 0 Å². The molecule has 0 radical (unpaired) electrons. The molecule has 3 fully saturated rings. The monoisotopic (exact) mass is 416 g/mol. The minimum Gasteiger partial charge on any atom is -0.320 e. The van der Waals surface area contributed by atoms with E-state index in [0.717, 1.165) is 52.2 Å². The lowest BCUT2D eigenvalue weighted by molar-refractivity contribution is -0.948. The summed E-state index contributed by atoms with van der Waals surface area (Å²) in [6.07, 6.45) is 1.83. The van der Waals surface area contributed by atoms with Crippen LogP contribution in [0.1, 0.15) is 35.1 Å². The van der Waals surface area contributed by atoms with Gasteiger partial charge in [-0.2, -0.15) is 0 Å². The Kier molecular flexibility index (Phi) is 3.65. The fourth-order valence-corrected chi connectivity index (χ4v) is 6.86. The second-order valence-corrected chi connectivity index (χ2v) is 9.64. The number of quaternary nitrogens is 1. The predicted octanol–water partition coefficient (Wildman–Crippen LogP) is 1.63. The Labute approximate surface area is 181 Å². The van der Waals surface area contributed by atoms with Crippen LogP contribution in [0.25, 0.3) is 0 Å². The molecule has 3 amide bonds. The lowest BCUT2D eigenvalue weighted by Gasteiger charge is -2.33. The third-order valence-electron chi connectivity index (χ3n) is 7.96. The van der Waals surface area contributed by atoms with E-state index in [1.807, 2.05) is 45.0 Å². The minimum absolute atomic E-state index is 0.00517. The van der Waals surface area contributed by atoms with Crippen molar-refractivity contribution in [3.05, 3.63) is 58.7 Å². The van der Waals surface area contributed by atoms with E-state index in [9.17, 15) is 14.4 Å². The van der Waals surface area contributed by atoms with Crippen LogP contribution in [0.4, 0.5) is 11.4 Å². The summed E-state index contributed by atoms with van der Waals surface area (Å²) in [5.41, 5.74) is 4.44. The van der Waals surface area contributed by atoms with Crippen molar-refractivity contribution in [3.8, 4) is 0 Å². The van der Waals surface area contributed by atoms with Gasteiger partial charge in [-0.3, -0.25) is 14.4 Å². The predicted molar refractivity (Wildman–Crippen MR) is 116 cm³/mol. The highest BCUT2D eigenvalue weighted by Crippen LogP contribution is 2.53. The molecule has 2 aromatic rings. The summed E-state index contributed by atoms with van der Waals surface area (Å²) in [5.74, 6) is -1.63. The first-order valence-electron chi connectivity index (χ1n) is 11.1. The lowest BCUT2D eigenvalue weighted by atomic mass is 9.75. The number of anilines is 2. The van der Waals surface area contributed by atoms with Gasteiger partial charge in [-0.25, -0.2) is 4.90 Å². The molecule has 0 bridgehead atoms. The average molecular weight is 417 g/mol. The smallest absolute Gasteiger partial charge is 0.291 e. The van der Waals surface area contributed by atoms with Crippen molar-refractivity contribution in [3.63, 3.8) is 0 Å². The number of aryl methyl sites for hydroxylation is 3. The number of hydrogen-bond acceptors (Lipinski definition) is 3. The normalized spacial score (nSPS) is 33.1. The molecule has 158 valence electrons. The number of nitrogens with one attached hydrogen (secondary N) is 2. The van der Waals surface area contributed by atoms with Gasteiger partial charge in [-0.1, -0.05) is 29.3 Å². The van der Waals surface area contributed by atoms with Gasteiger partial charge >= 0.3 is 0 Å². The molecule has 4 aliphatic rings. The zero-order valence-electron chi connectivity index (χ0n) is 18.0. The summed E-state index contributed by atoms with van der Waals surface area (Å²) < 4.78 is 0. The quantitative estimate of drug-likeness (QED) is 0.695. The first-order chi connectivity index (χ1) is 14.9. The van der Waals surface area contributed by atoms with Crippen molar-refractivity contribution < 1.29 is 19.3 Å². The van der Waals surface area contributed by atoms with Gasteiger partial charge < -0.3 is 10.2 Å². The maximum Gasteiger partial charge on any atom is 0.291 e. The number of fused-ring (bicyclic) bond motifs is 7. The second kappa shape index (κ2) is 6.04. The molecule has 4 aliphatic heterocycles. The van der Waals surface area contributed by atoms with Gasteiger partial charge in [0.2, 0.25) is 17.4 Å². The van der Waals surface area contributed by atoms with Crippen LogP contribution in [0, 0.1) is 32.6 Å². The highest BCUT2D eigenvalue weighted by molar-refractivity contribution is 6.25. The molecule has 6 rings (SSSR count). The van der Waals surface area contributed by atoms with Crippen LogP contribution >= 0.6 is 0 Å². The number of carbonyl (C=O) groups is 3. The first kappa shape index (κ1) is 18.8.